The molecule has 2 rings (SSSR count). The lowest BCUT2D eigenvalue weighted by atomic mass is 10.2. The van der Waals surface area contributed by atoms with Gasteiger partial charge in [0.15, 0.2) is 10.3 Å². The van der Waals surface area contributed by atoms with Crippen LogP contribution in [0.2, 0.25) is 0 Å². The molecule has 88 valence electrons. The molecule has 0 fully saturated rings. The number of benzene rings is 1. The molecule has 0 spiro atoms. The van der Waals surface area contributed by atoms with Crippen LogP contribution in [-0.2, 0) is 4.79 Å². The van der Waals surface area contributed by atoms with E-state index in [2.05, 4.69) is 5.32 Å². The average Bonchev–Trinajstić information content (AvgIpc) is 2.29. The number of carbonyl (C=O) groups excluding carboxylic acids is 1. The molecule has 2 aromatic rings. The van der Waals surface area contributed by atoms with Gasteiger partial charge in [-0.15, -0.1) is 0 Å². The van der Waals surface area contributed by atoms with Crippen molar-refractivity contribution in [2.24, 2.45) is 0 Å². The van der Waals surface area contributed by atoms with Crippen LogP contribution in [0.25, 0.3) is 11.0 Å². The topological polar surface area (TPSA) is 59.3 Å². The first-order valence-electron chi connectivity index (χ1n) is 4.70. The first-order chi connectivity index (χ1) is 8.08. The second-order valence-corrected chi connectivity index (χ2v) is 4.36. The molecule has 17 heavy (non-hydrogen) atoms. The summed E-state index contributed by atoms with van der Waals surface area (Å²) in [5.41, 5.74) is 0.138. The summed E-state index contributed by atoms with van der Waals surface area (Å²) in [6.45, 7) is 0. The molecule has 0 saturated heterocycles. The summed E-state index contributed by atoms with van der Waals surface area (Å²) in [5, 5.41) is 2.75. The van der Waals surface area contributed by atoms with Crippen molar-refractivity contribution < 1.29 is 9.21 Å². The molecule has 1 heterocycles. The SMILES string of the molecule is O=C(Nc1cc(=O)c2ccccc2o1)C(Cl)Cl. The van der Waals surface area contributed by atoms with Gasteiger partial charge in [-0.3, -0.25) is 14.9 Å². The fraction of sp³-hybridized carbons (Fsp3) is 0.0909. The van der Waals surface area contributed by atoms with E-state index in [1.807, 2.05) is 0 Å². The van der Waals surface area contributed by atoms with Gasteiger partial charge in [0.05, 0.1) is 5.39 Å². The van der Waals surface area contributed by atoms with E-state index in [-0.39, 0.29) is 11.3 Å². The molecular weight excluding hydrogens is 265 g/mol. The lowest BCUT2D eigenvalue weighted by Gasteiger charge is -2.05. The molecular formula is C11H7Cl2NO3. The van der Waals surface area contributed by atoms with E-state index in [1.54, 1.807) is 24.3 Å². The summed E-state index contributed by atoms with van der Waals surface area (Å²) >= 11 is 10.7. The summed E-state index contributed by atoms with van der Waals surface area (Å²) in [4.78, 5) is 21.7. The zero-order valence-electron chi connectivity index (χ0n) is 8.44. The Kier molecular flexibility index (Phi) is 3.36. The van der Waals surface area contributed by atoms with Gasteiger partial charge in [-0.1, -0.05) is 35.3 Å². The van der Waals surface area contributed by atoms with E-state index in [9.17, 15) is 9.59 Å². The Hall–Kier alpha value is -1.52. The number of hydrogen-bond acceptors (Lipinski definition) is 3. The number of para-hydroxylation sites is 1. The molecule has 1 N–H and O–H groups in total. The maximum Gasteiger partial charge on any atom is 0.259 e. The predicted octanol–water partition coefficient (Wildman–Crippen LogP) is 2.54. The normalized spacial score (nSPS) is 10.8. The van der Waals surface area contributed by atoms with E-state index in [0.29, 0.717) is 11.0 Å². The second kappa shape index (κ2) is 4.77. The first-order valence-corrected chi connectivity index (χ1v) is 5.57. The largest absolute Gasteiger partial charge is 0.440 e. The van der Waals surface area contributed by atoms with E-state index in [0.717, 1.165) is 0 Å². The number of nitrogens with one attached hydrogen (secondary N) is 1. The van der Waals surface area contributed by atoms with Crippen molar-refractivity contribution in [2.75, 3.05) is 5.32 Å². The molecule has 0 aliphatic rings. The van der Waals surface area contributed by atoms with Crippen LogP contribution < -0.4 is 10.7 Å². The van der Waals surface area contributed by atoms with Crippen molar-refractivity contribution >= 4 is 46.0 Å². The van der Waals surface area contributed by atoms with Gasteiger partial charge in [0.2, 0.25) is 5.88 Å². The number of amides is 1. The summed E-state index contributed by atoms with van der Waals surface area (Å²) in [6, 6.07) is 7.90. The Morgan fingerprint density at radius 3 is 2.71 bits per heavy atom. The minimum absolute atomic E-state index is 0.0185. The highest BCUT2D eigenvalue weighted by atomic mass is 35.5. The molecule has 0 radical (unpaired) electrons. The number of rotatable bonds is 2. The number of carbonyl (C=O) groups is 1. The molecule has 1 aromatic heterocycles. The van der Waals surface area contributed by atoms with Crippen molar-refractivity contribution in [3.8, 4) is 0 Å². The Morgan fingerprint density at radius 2 is 2.00 bits per heavy atom. The van der Waals surface area contributed by atoms with E-state index < -0.39 is 10.7 Å². The van der Waals surface area contributed by atoms with Gasteiger partial charge in [0.25, 0.3) is 5.91 Å². The van der Waals surface area contributed by atoms with Crippen LogP contribution in [0.15, 0.2) is 39.5 Å². The molecule has 6 heteroatoms. The van der Waals surface area contributed by atoms with Crippen LogP contribution in [0.4, 0.5) is 5.88 Å². The van der Waals surface area contributed by atoms with Gasteiger partial charge >= 0.3 is 0 Å². The van der Waals surface area contributed by atoms with Gasteiger partial charge in [-0.2, -0.15) is 0 Å². The highest BCUT2D eigenvalue weighted by Gasteiger charge is 2.13. The van der Waals surface area contributed by atoms with Gasteiger partial charge in [0, 0.05) is 6.07 Å². The minimum Gasteiger partial charge on any atom is -0.440 e. The molecule has 0 unspecified atom stereocenters. The summed E-state index contributed by atoms with van der Waals surface area (Å²) in [6.07, 6.45) is 0. The van der Waals surface area contributed by atoms with Gasteiger partial charge in [0.1, 0.15) is 5.58 Å². The third kappa shape index (κ3) is 2.60. The maximum atomic E-state index is 11.7. The predicted molar refractivity (Wildman–Crippen MR) is 66.6 cm³/mol. The standard InChI is InChI=1S/C11H7Cl2NO3/c12-10(13)11(16)14-9-5-7(15)6-3-1-2-4-8(6)17-9/h1-5,10H,(H,14,16). The van der Waals surface area contributed by atoms with E-state index >= 15 is 0 Å². The maximum absolute atomic E-state index is 11.7. The molecule has 0 aliphatic carbocycles. The minimum atomic E-state index is -1.22. The Morgan fingerprint density at radius 1 is 1.29 bits per heavy atom. The summed E-state index contributed by atoms with van der Waals surface area (Å²) in [5.74, 6) is -0.628. The average molecular weight is 272 g/mol. The molecule has 0 saturated carbocycles. The van der Waals surface area contributed by atoms with Crippen LogP contribution in [0.1, 0.15) is 0 Å². The van der Waals surface area contributed by atoms with Crippen LogP contribution >= 0.6 is 23.2 Å². The van der Waals surface area contributed by atoms with Crippen LogP contribution in [-0.4, -0.2) is 10.7 Å². The van der Waals surface area contributed by atoms with Crippen LogP contribution in [0.3, 0.4) is 0 Å². The Labute approximate surface area is 106 Å². The van der Waals surface area contributed by atoms with Crippen molar-refractivity contribution in [3.05, 3.63) is 40.6 Å². The second-order valence-electron chi connectivity index (χ2n) is 3.26. The molecule has 4 nitrogen and oxygen atoms in total. The molecule has 0 atom stereocenters. The zero-order chi connectivity index (χ0) is 12.4. The number of halogens is 2. The van der Waals surface area contributed by atoms with Crippen molar-refractivity contribution in [3.63, 3.8) is 0 Å². The van der Waals surface area contributed by atoms with Gasteiger partial charge < -0.3 is 4.42 Å². The fourth-order valence-electron chi connectivity index (χ4n) is 1.34. The highest BCUT2D eigenvalue weighted by Crippen LogP contribution is 2.16. The van der Waals surface area contributed by atoms with E-state index in [4.69, 9.17) is 27.6 Å². The molecule has 1 amide bonds. The van der Waals surface area contributed by atoms with Crippen molar-refractivity contribution in [1.82, 2.24) is 0 Å². The Bertz CT molecular complexity index is 621. The third-order valence-corrected chi connectivity index (χ3v) is 2.48. The first kappa shape index (κ1) is 12.0. The van der Waals surface area contributed by atoms with Crippen molar-refractivity contribution in [1.29, 1.82) is 0 Å². The molecule has 0 aliphatic heterocycles. The highest BCUT2D eigenvalue weighted by molar-refractivity contribution is 6.54. The van der Waals surface area contributed by atoms with Crippen LogP contribution in [0.5, 0.6) is 0 Å². The monoisotopic (exact) mass is 271 g/mol. The van der Waals surface area contributed by atoms with Crippen LogP contribution in [0, 0.1) is 0 Å². The van der Waals surface area contributed by atoms with Crippen molar-refractivity contribution in [2.45, 2.75) is 4.84 Å². The number of alkyl halides is 2. The lowest BCUT2D eigenvalue weighted by Crippen LogP contribution is -2.19. The lowest BCUT2D eigenvalue weighted by molar-refractivity contribution is -0.114. The Balaban J connectivity index is 2.44. The number of fused-ring (bicyclic) bond motifs is 1. The fourth-order valence-corrected chi connectivity index (χ4v) is 1.45. The molecule has 0 bridgehead atoms. The summed E-state index contributed by atoms with van der Waals surface area (Å²) < 4.78 is 5.31. The van der Waals surface area contributed by atoms with Gasteiger partial charge in [-0.05, 0) is 12.1 Å². The molecule has 1 aromatic carbocycles. The van der Waals surface area contributed by atoms with Gasteiger partial charge in [-0.25, -0.2) is 0 Å². The zero-order valence-corrected chi connectivity index (χ0v) is 9.96. The third-order valence-electron chi connectivity index (χ3n) is 2.08. The summed E-state index contributed by atoms with van der Waals surface area (Å²) in [7, 11) is 0. The number of anilines is 1. The smallest absolute Gasteiger partial charge is 0.259 e. The quantitative estimate of drug-likeness (QED) is 0.854. The van der Waals surface area contributed by atoms with E-state index in [1.165, 1.54) is 6.07 Å². The number of hydrogen-bond donors (Lipinski definition) is 1.